The molecular weight excluding hydrogens is 96.1 g/mol. The fraction of sp³-hybridized carbons (Fsp3) is 0.500. The first kappa shape index (κ1) is 5.61. The van der Waals surface area contributed by atoms with Crippen molar-refractivity contribution in [3.63, 3.8) is 0 Å². The second kappa shape index (κ2) is 2.17. The molecule has 1 rings (SSSR count). The third kappa shape index (κ3) is 0.835. The predicted octanol–water partition coefficient (Wildman–Crippen LogP) is 2.67. The maximum atomic E-state index is 3.94. The summed E-state index contributed by atoms with van der Waals surface area (Å²) in [6, 6.07) is 0. The van der Waals surface area contributed by atoms with E-state index in [9.17, 15) is 0 Å². The second-order valence-corrected chi connectivity index (χ2v) is 2.27. The van der Waals surface area contributed by atoms with Gasteiger partial charge in [-0.1, -0.05) is 18.2 Å². The lowest BCUT2D eigenvalue weighted by molar-refractivity contribution is 0.933. The summed E-state index contributed by atoms with van der Waals surface area (Å²) in [5.74, 6) is 0. The molecule has 0 spiro atoms. The molecule has 0 aliphatic heterocycles. The maximum absolute atomic E-state index is 3.94. The Morgan fingerprint density at radius 1 is 1.50 bits per heavy atom. The minimum atomic E-state index is 1.22. The van der Waals surface area contributed by atoms with Crippen LogP contribution in [0.15, 0.2) is 23.8 Å². The van der Waals surface area contributed by atoms with E-state index < -0.39 is 0 Å². The van der Waals surface area contributed by atoms with Gasteiger partial charge in [0.05, 0.1) is 0 Å². The van der Waals surface area contributed by atoms with E-state index in [1.807, 2.05) is 0 Å². The standard InChI is InChI=1S/C8H12/c1-3-8-6-4-5-7(8)2/h3H,2,4-6H2,1H3/b8-3+. The van der Waals surface area contributed by atoms with Crippen molar-refractivity contribution in [2.24, 2.45) is 0 Å². The molecule has 1 aliphatic rings. The molecule has 0 heteroatoms. The Bertz CT molecular complexity index is 129. The summed E-state index contributed by atoms with van der Waals surface area (Å²) < 4.78 is 0. The molecule has 0 radical (unpaired) electrons. The van der Waals surface area contributed by atoms with Crippen molar-refractivity contribution in [2.75, 3.05) is 0 Å². The van der Waals surface area contributed by atoms with Gasteiger partial charge < -0.3 is 0 Å². The Balaban J connectivity index is 2.69. The Morgan fingerprint density at radius 2 is 2.25 bits per heavy atom. The highest BCUT2D eigenvalue weighted by Gasteiger charge is 2.08. The van der Waals surface area contributed by atoms with Crippen LogP contribution in [0.25, 0.3) is 0 Å². The number of rotatable bonds is 0. The Kier molecular flexibility index (Phi) is 1.52. The average Bonchev–Trinajstić information content (AvgIpc) is 2.14. The first-order chi connectivity index (χ1) is 3.84. The fourth-order valence-electron chi connectivity index (χ4n) is 1.18. The largest absolute Gasteiger partial charge is 0.0956 e. The molecule has 0 aromatic carbocycles. The van der Waals surface area contributed by atoms with Crippen LogP contribution in [0, 0.1) is 0 Å². The van der Waals surface area contributed by atoms with Crippen molar-refractivity contribution in [3.8, 4) is 0 Å². The molecule has 1 aliphatic carbocycles. The van der Waals surface area contributed by atoms with Crippen molar-refractivity contribution in [1.82, 2.24) is 0 Å². The lowest BCUT2D eigenvalue weighted by Gasteiger charge is -1.91. The van der Waals surface area contributed by atoms with Crippen LogP contribution in [-0.4, -0.2) is 0 Å². The lowest BCUT2D eigenvalue weighted by atomic mass is 10.1. The minimum absolute atomic E-state index is 1.22. The summed E-state index contributed by atoms with van der Waals surface area (Å²) in [7, 11) is 0. The molecule has 1 fully saturated rings. The van der Waals surface area contributed by atoms with Gasteiger partial charge in [-0.05, 0) is 31.8 Å². The van der Waals surface area contributed by atoms with Gasteiger partial charge in [-0.25, -0.2) is 0 Å². The van der Waals surface area contributed by atoms with E-state index in [2.05, 4.69) is 19.6 Å². The Morgan fingerprint density at radius 3 is 2.50 bits per heavy atom. The highest BCUT2D eigenvalue weighted by molar-refractivity contribution is 5.31. The first-order valence-corrected chi connectivity index (χ1v) is 3.18. The van der Waals surface area contributed by atoms with Crippen LogP contribution in [0.4, 0.5) is 0 Å². The molecule has 0 saturated heterocycles. The fourth-order valence-corrected chi connectivity index (χ4v) is 1.18. The van der Waals surface area contributed by atoms with Gasteiger partial charge in [0, 0.05) is 0 Å². The zero-order chi connectivity index (χ0) is 5.98. The van der Waals surface area contributed by atoms with Crippen molar-refractivity contribution < 1.29 is 0 Å². The molecule has 0 aromatic heterocycles. The Hall–Kier alpha value is -0.520. The lowest BCUT2D eigenvalue weighted by Crippen LogP contribution is -1.71. The van der Waals surface area contributed by atoms with E-state index in [1.165, 1.54) is 30.4 Å². The van der Waals surface area contributed by atoms with E-state index >= 15 is 0 Å². The molecule has 0 N–H and O–H groups in total. The molecule has 0 aromatic rings. The SMILES string of the molecule is C=C1CCC/C1=C\C. The first-order valence-electron chi connectivity index (χ1n) is 3.18. The van der Waals surface area contributed by atoms with Crippen LogP contribution in [0.2, 0.25) is 0 Å². The van der Waals surface area contributed by atoms with Crippen molar-refractivity contribution in [1.29, 1.82) is 0 Å². The van der Waals surface area contributed by atoms with Gasteiger partial charge >= 0.3 is 0 Å². The van der Waals surface area contributed by atoms with Gasteiger partial charge in [0.2, 0.25) is 0 Å². The second-order valence-electron chi connectivity index (χ2n) is 2.27. The van der Waals surface area contributed by atoms with Gasteiger partial charge in [-0.3, -0.25) is 0 Å². The summed E-state index contributed by atoms with van der Waals surface area (Å²) in [4.78, 5) is 0. The summed E-state index contributed by atoms with van der Waals surface area (Å²) in [6.07, 6.45) is 5.98. The van der Waals surface area contributed by atoms with Crippen molar-refractivity contribution in [3.05, 3.63) is 23.8 Å². The summed E-state index contributed by atoms with van der Waals surface area (Å²) in [5, 5.41) is 0. The van der Waals surface area contributed by atoms with Crippen LogP contribution in [0.3, 0.4) is 0 Å². The maximum Gasteiger partial charge on any atom is -0.0276 e. The summed E-state index contributed by atoms with van der Waals surface area (Å²) >= 11 is 0. The molecule has 44 valence electrons. The van der Waals surface area contributed by atoms with Gasteiger partial charge in [0.1, 0.15) is 0 Å². The topological polar surface area (TPSA) is 0 Å². The zero-order valence-corrected chi connectivity index (χ0v) is 5.41. The highest BCUT2D eigenvalue weighted by atomic mass is 14.1. The molecular formula is C8H12. The van der Waals surface area contributed by atoms with Gasteiger partial charge in [0.15, 0.2) is 0 Å². The van der Waals surface area contributed by atoms with Gasteiger partial charge in [-0.2, -0.15) is 0 Å². The Labute approximate surface area is 50.9 Å². The summed E-state index contributed by atoms with van der Waals surface area (Å²) in [5.41, 5.74) is 2.83. The zero-order valence-electron chi connectivity index (χ0n) is 5.41. The van der Waals surface area contributed by atoms with Crippen LogP contribution in [0.5, 0.6) is 0 Å². The molecule has 0 heterocycles. The molecule has 0 nitrogen and oxygen atoms in total. The molecule has 0 bridgehead atoms. The third-order valence-corrected chi connectivity index (χ3v) is 1.73. The molecule has 1 saturated carbocycles. The van der Waals surface area contributed by atoms with Gasteiger partial charge in [0.25, 0.3) is 0 Å². The van der Waals surface area contributed by atoms with Gasteiger partial charge in [-0.15, -0.1) is 0 Å². The van der Waals surface area contributed by atoms with Crippen LogP contribution in [0.1, 0.15) is 26.2 Å². The molecule has 8 heavy (non-hydrogen) atoms. The van der Waals surface area contributed by atoms with Crippen molar-refractivity contribution in [2.45, 2.75) is 26.2 Å². The highest BCUT2D eigenvalue weighted by Crippen LogP contribution is 2.27. The molecule has 0 unspecified atom stereocenters. The minimum Gasteiger partial charge on any atom is -0.0956 e. The van der Waals surface area contributed by atoms with Crippen LogP contribution < -0.4 is 0 Å². The monoisotopic (exact) mass is 108 g/mol. The number of hydrogen-bond acceptors (Lipinski definition) is 0. The summed E-state index contributed by atoms with van der Waals surface area (Å²) in [6.45, 7) is 6.03. The van der Waals surface area contributed by atoms with Crippen LogP contribution in [-0.2, 0) is 0 Å². The van der Waals surface area contributed by atoms with E-state index in [0.717, 1.165) is 0 Å². The number of hydrogen-bond donors (Lipinski definition) is 0. The normalized spacial score (nSPS) is 25.1. The molecule has 0 amide bonds. The average molecular weight is 108 g/mol. The van der Waals surface area contributed by atoms with Crippen LogP contribution >= 0.6 is 0 Å². The van der Waals surface area contributed by atoms with E-state index in [1.54, 1.807) is 0 Å². The van der Waals surface area contributed by atoms with E-state index in [0.29, 0.717) is 0 Å². The predicted molar refractivity (Wildman–Crippen MR) is 36.7 cm³/mol. The number of allylic oxidation sites excluding steroid dienone is 3. The van der Waals surface area contributed by atoms with Crippen molar-refractivity contribution >= 4 is 0 Å². The molecule has 0 atom stereocenters. The third-order valence-electron chi connectivity index (χ3n) is 1.73. The van der Waals surface area contributed by atoms with E-state index in [4.69, 9.17) is 0 Å². The quantitative estimate of drug-likeness (QED) is 0.447. The van der Waals surface area contributed by atoms with E-state index in [-0.39, 0.29) is 0 Å². The smallest absolute Gasteiger partial charge is 0.0276 e.